The summed E-state index contributed by atoms with van der Waals surface area (Å²) in [6.45, 7) is 8.31. The molecule has 2 aliphatic heterocycles. The average molecular weight is 415 g/mol. The molecule has 3 aromatic carbocycles. The van der Waals surface area contributed by atoms with E-state index in [1.807, 2.05) is 49.4 Å². The number of ether oxygens (including phenoxy) is 1. The van der Waals surface area contributed by atoms with Crippen LogP contribution < -0.4 is 10.1 Å². The van der Waals surface area contributed by atoms with Gasteiger partial charge in [0.2, 0.25) is 0 Å². The van der Waals surface area contributed by atoms with Crippen LogP contribution in [0.4, 0.5) is 14.5 Å². The molecule has 0 aliphatic carbocycles. The summed E-state index contributed by atoms with van der Waals surface area (Å²) in [4.78, 5) is 0. The molecule has 2 heterocycles. The molecule has 2 nitrogen and oxygen atoms in total. The maximum atomic E-state index is 14.7. The Bertz CT molecular complexity index is 1300. The first-order valence-electron chi connectivity index (χ1n) is 10.3. The molecule has 0 radical (unpaired) electrons. The summed E-state index contributed by atoms with van der Waals surface area (Å²) in [6, 6.07) is 14.1. The number of allylic oxidation sites excluding steroid dienone is 1. The minimum Gasteiger partial charge on any atom is -0.453 e. The van der Waals surface area contributed by atoms with Gasteiger partial charge < -0.3 is 10.1 Å². The molecule has 0 bridgehead atoms. The predicted octanol–water partition coefficient (Wildman–Crippen LogP) is 7.44. The molecule has 0 atom stereocenters. The van der Waals surface area contributed by atoms with E-state index in [0.717, 1.165) is 45.1 Å². The molecule has 0 saturated carbocycles. The lowest BCUT2D eigenvalue weighted by molar-refractivity contribution is 0.460. The number of aryl methyl sites for hydroxylation is 1. The van der Waals surface area contributed by atoms with Crippen LogP contribution in [0.5, 0.6) is 5.75 Å². The van der Waals surface area contributed by atoms with E-state index in [-0.39, 0.29) is 11.3 Å². The Morgan fingerprint density at radius 1 is 0.935 bits per heavy atom. The van der Waals surface area contributed by atoms with Gasteiger partial charge in [-0.1, -0.05) is 36.4 Å². The highest BCUT2D eigenvalue weighted by molar-refractivity contribution is 6.00. The molecule has 156 valence electrons. The van der Waals surface area contributed by atoms with Crippen molar-refractivity contribution in [3.8, 4) is 16.9 Å². The summed E-state index contributed by atoms with van der Waals surface area (Å²) in [7, 11) is 0. The Morgan fingerprint density at radius 3 is 2.48 bits per heavy atom. The van der Waals surface area contributed by atoms with Crippen LogP contribution >= 0.6 is 0 Å². The van der Waals surface area contributed by atoms with Gasteiger partial charge in [-0.3, -0.25) is 0 Å². The number of anilines is 1. The van der Waals surface area contributed by atoms with Crippen LogP contribution in [0.25, 0.3) is 28.5 Å². The maximum absolute atomic E-state index is 14.7. The fraction of sp³-hybridized carbons (Fsp3) is 0.185. The van der Waals surface area contributed by atoms with Gasteiger partial charge in [-0.15, -0.1) is 0 Å². The third-order valence-corrected chi connectivity index (χ3v) is 5.87. The molecule has 0 unspecified atom stereocenters. The van der Waals surface area contributed by atoms with Crippen LogP contribution in [0.1, 0.15) is 43.0 Å². The van der Waals surface area contributed by atoms with Gasteiger partial charge in [0.25, 0.3) is 0 Å². The number of hydrogen-bond donors (Lipinski definition) is 1. The Hall–Kier alpha value is -3.40. The zero-order valence-corrected chi connectivity index (χ0v) is 17.9. The van der Waals surface area contributed by atoms with Gasteiger partial charge in [0.05, 0.1) is 5.54 Å². The van der Waals surface area contributed by atoms with Gasteiger partial charge in [0, 0.05) is 28.4 Å². The van der Waals surface area contributed by atoms with Gasteiger partial charge in [-0.05, 0) is 68.2 Å². The van der Waals surface area contributed by atoms with Crippen molar-refractivity contribution in [2.45, 2.75) is 33.2 Å². The fourth-order valence-corrected chi connectivity index (χ4v) is 4.61. The zero-order valence-electron chi connectivity index (χ0n) is 17.9. The number of rotatable bonds is 1. The van der Waals surface area contributed by atoms with Gasteiger partial charge in [-0.2, -0.15) is 0 Å². The molecule has 0 saturated heterocycles. The van der Waals surface area contributed by atoms with Crippen molar-refractivity contribution >= 4 is 23.1 Å². The standard InChI is InChI=1S/C27H23F2NO/c1-15-7-5-6-8-17(15)11-23-25-19(20-12-18(28)13-21(29)26(20)31-23)9-10-22-24(25)16(2)14-27(3,4)30-22/h5-14,30H,1-4H3. The number of halogens is 2. The van der Waals surface area contributed by atoms with Gasteiger partial charge in [-0.25, -0.2) is 8.78 Å². The van der Waals surface area contributed by atoms with Crippen LogP contribution in [0.15, 0.2) is 54.6 Å². The fourth-order valence-electron chi connectivity index (χ4n) is 4.61. The van der Waals surface area contributed by atoms with E-state index in [2.05, 4.69) is 32.2 Å². The minimum atomic E-state index is -0.708. The molecule has 2 aliphatic rings. The van der Waals surface area contributed by atoms with E-state index >= 15 is 0 Å². The summed E-state index contributed by atoms with van der Waals surface area (Å²) in [5.41, 5.74) is 6.96. The SMILES string of the molecule is CC1=CC(C)(C)Nc2ccc3c(c21)C(=Cc1ccccc1C)Oc1c(F)cc(F)cc1-3. The lowest BCUT2D eigenvalue weighted by Gasteiger charge is -2.35. The second kappa shape index (κ2) is 6.81. The van der Waals surface area contributed by atoms with Crippen molar-refractivity contribution in [2.75, 3.05) is 5.32 Å². The average Bonchev–Trinajstić information content (AvgIpc) is 2.69. The largest absolute Gasteiger partial charge is 0.453 e. The third kappa shape index (κ3) is 3.23. The Labute approximate surface area is 180 Å². The Balaban J connectivity index is 1.84. The van der Waals surface area contributed by atoms with Crippen molar-refractivity contribution < 1.29 is 13.5 Å². The Morgan fingerprint density at radius 2 is 1.71 bits per heavy atom. The lowest BCUT2D eigenvalue weighted by Crippen LogP contribution is -2.32. The van der Waals surface area contributed by atoms with E-state index in [4.69, 9.17) is 4.74 Å². The smallest absolute Gasteiger partial charge is 0.171 e. The van der Waals surface area contributed by atoms with Crippen molar-refractivity contribution in [2.24, 2.45) is 0 Å². The van der Waals surface area contributed by atoms with Crippen LogP contribution in [-0.4, -0.2) is 5.54 Å². The molecule has 3 aromatic rings. The van der Waals surface area contributed by atoms with Crippen molar-refractivity contribution in [1.82, 2.24) is 0 Å². The molecule has 0 spiro atoms. The first kappa shape index (κ1) is 19.6. The normalized spacial score (nSPS) is 17.1. The highest BCUT2D eigenvalue weighted by atomic mass is 19.1. The second-order valence-electron chi connectivity index (χ2n) is 8.82. The first-order valence-corrected chi connectivity index (χ1v) is 10.3. The maximum Gasteiger partial charge on any atom is 0.171 e. The molecule has 1 N–H and O–H groups in total. The second-order valence-corrected chi connectivity index (χ2v) is 8.82. The number of hydrogen-bond acceptors (Lipinski definition) is 2. The van der Waals surface area contributed by atoms with E-state index in [1.54, 1.807) is 0 Å². The number of fused-ring (bicyclic) bond motifs is 5. The van der Waals surface area contributed by atoms with E-state index in [1.165, 1.54) is 6.07 Å². The topological polar surface area (TPSA) is 21.3 Å². The summed E-state index contributed by atoms with van der Waals surface area (Å²) >= 11 is 0. The predicted molar refractivity (Wildman–Crippen MR) is 123 cm³/mol. The molecule has 5 rings (SSSR count). The molecular weight excluding hydrogens is 392 g/mol. The summed E-state index contributed by atoms with van der Waals surface area (Å²) in [5, 5.41) is 3.55. The molecule has 0 amide bonds. The van der Waals surface area contributed by atoms with E-state index in [9.17, 15) is 8.78 Å². The summed E-state index contributed by atoms with van der Waals surface area (Å²) in [5.74, 6) is -0.727. The molecule has 4 heteroatoms. The number of nitrogens with one attached hydrogen (secondary N) is 1. The molecule has 0 fully saturated rings. The van der Waals surface area contributed by atoms with Crippen molar-refractivity contribution in [1.29, 1.82) is 0 Å². The van der Waals surface area contributed by atoms with Crippen LogP contribution in [-0.2, 0) is 0 Å². The summed E-state index contributed by atoms with van der Waals surface area (Å²) < 4.78 is 35.0. The third-order valence-electron chi connectivity index (χ3n) is 5.87. The molecule has 31 heavy (non-hydrogen) atoms. The Kier molecular flexibility index (Phi) is 4.30. The number of benzene rings is 3. The summed E-state index contributed by atoms with van der Waals surface area (Å²) in [6.07, 6.45) is 4.11. The van der Waals surface area contributed by atoms with Gasteiger partial charge in [0.1, 0.15) is 11.6 Å². The van der Waals surface area contributed by atoms with Crippen LogP contribution in [0.2, 0.25) is 0 Å². The first-order chi connectivity index (χ1) is 14.7. The molecular formula is C27H23F2NO. The van der Waals surface area contributed by atoms with Gasteiger partial charge in [0.15, 0.2) is 11.6 Å². The zero-order chi connectivity index (χ0) is 21.9. The van der Waals surface area contributed by atoms with Crippen LogP contribution in [0.3, 0.4) is 0 Å². The highest BCUT2D eigenvalue weighted by Crippen LogP contribution is 2.50. The van der Waals surface area contributed by atoms with E-state index < -0.39 is 11.6 Å². The quantitative estimate of drug-likeness (QED) is 0.446. The highest BCUT2D eigenvalue weighted by Gasteiger charge is 2.32. The van der Waals surface area contributed by atoms with Crippen molar-refractivity contribution in [3.05, 3.63) is 88.5 Å². The molecule has 0 aromatic heterocycles. The monoisotopic (exact) mass is 415 g/mol. The van der Waals surface area contributed by atoms with Gasteiger partial charge >= 0.3 is 0 Å². The lowest BCUT2D eigenvalue weighted by atomic mass is 9.83. The van der Waals surface area contributed by atoms with Crippen molar-refractivity contribution in [3.63, 3.8) is 0 Å². The minimum absolute atomic E-state index is 0.0550. The van der Waals surface area contributed by atoms with E-state index in [0.29, 0.717) is 11.3 Å². The van der Waals surface area contributed by atoms with Crippen LogP contribution in [0, 0.1) is 18.6 Å².